The van der Waals surface area contributed by atoms with Crippen LogP contribution in [0.25, 0.3) is 72.2 Å². The van der Waals surface area contributed by atoms with Crippen LogP contribution in [0, 0.1) is 11.3 Å². The molecule has 0 N–H and O–H groups in total. The van der Waals surface area contributed by atoms with Gasteiger partial charge in [-0.1, -0.05) is 190 Å². The van der Waals surface area contributed by atoms with E-state index in [1.165, 1.54) is 55.2 Å². The molecule has 4 nitrogen and oxygen atoms in total. The van der Waals surface area contributed by atoms with Gasteiger partial charge < -0.3 is 4.90 Å². The van der Waals surface area contributed by atoms with Crippen LogP contribution in [0.3, 0.4) is 0 Å². The van der Waals surface area contributed by atoms with Crippen molar-refractivity contribution in [2.45, 2.75) is 32.2 Å². The number of rotatable bonds is 6. The van der Waals surface area contributed by atoms with Crippen LogP contribution in [-0.4, -0.2) is 20.6 Å². The summed E-state index contributed by atoms with van der Waals surface area (Å²) in [5.41, 5.74) is 12.8. The maximum atomic E-state index is 5.38. The van der Waals surface area contributed by atoms with Gasteiger partial charge in [0.2, 0.25) is 0 Å². The summed E-state index contributed by atoms with van der Waals surface area (Å²) in [6, 6.07) is 63.5. The molecule has 12 rings (SSSR count). The van der Waals surface area contributed by atoms with E-state index in [1.807, 2.05) is 6.07 Å². The smallest absolute Gasteiger partial charge is 0.162 e. The van der Waals surface area contributed by atoms with Crippen LogP contribution in [0.2, 0.25) is 0 Å². The van der Waals surface area contributed by atoms with Gasteiger partial charge in [0.1, 0.15) is 5.82 Å². The Bertz CT molecular complexity index is 3340. The molecule has 3 unspecified atom stereocenters. The fourth-order valence-electron chi connectivity index (χ4n) is 10.6. The van der Waals surface area contributed by atoms with Crippen LogP contribution in [-0.2, 0) is 0 Å². The van der Waals surface area contributed by atoms with Crippen molar-refractivity contribution in [1.82, 2.24) is 14.5 Å². The molecule has 0 spiro atoms. The number of piperidine rings is 1. The fourth-order valence-corrected chi connectivity index (χ4v) is 10.6. The van der Waals surface area contributed by atoms with Crippen molar-refractivity contribution >= 4 is 38.3 Å². The topological polar surface area (TPSA) is 34.0 Å². The molecule has 2 aromatic heterocycles. The molecule has 0 bridgehead atoms. The summed E-state index contributed by atoms with van der Waals surface area (Å²) in [5.74, 6) is 2.11. The Kier molecular flexibility index (Phi) is 8.75. The molecule has 4 heteroatoms. The van der Waals surface area contributed by atoms with Crippen molar-refractivity contribution < 1.29 is 0 Å². The van der Waals surface area contributed by atoms with E-state index >= 15 is 0 Å². The number of aromatic nitrogens is 3. The third-order valence-corrected chi connectivity index (χ3v) is 13.8. The molecule has 1 saturated heterocycles. The first-order valence-electron chi connectivity index (χ1n) is 22.2. The number of anilines is 1. The molecule has 3 heterocycles. The van der Waals surface area contributed by atoms with E-state index in [9.17, 15) is 0 Å². The molecular formula is C59H46N4. The summed E-state index contributed by atoms with van der Waals surface area (Å²) in [6.07, 6.45) is 15.3. The van der Waals surface area contributed by atoms with E-state index in [0.29, 0.717) is 11.7 Å². The molecule has 0 radical (unpaired) electrons. The summed E-state index contributed by atoms with van der Waals surface area (Å²) in [4.78, 5) is 13.2. The Morgan fingerprint density at radius 2 is 1.24 bits per heavy atom. The summed E-state index contributed by atoms with van der Waals surface area (Å²) >= 11 is 0. The standard InChI is InChI=1S/C59H46N4/c1-59(2)49-24-14-15-25-53(49)62(46-21-10-5-11-22-46)54-34-32-45(37-50(54)59)44-31-33-52-48(36-44)57-47-23-13-12-18-41(47)30-35-55(57)63(52)56-38-51(60-58(61-56)43-19-8-4-9-20-43)42-28-26-40(27-29-42)39-16-6-3-7-17-39/h3-31,33-38,45,49,53H,32H2,1-2H3. The number of hydrogen-bond donors (Lipinski definition) is 0. The molecule has 3 aliphatic rings. The highest BCUT2D eigenvalue weighted by molar-refractivity contribution is 6.21. The van der Waals surface area contributed by atoms with Gasteiger partial charge in [0.05, 0.1) is 22.8 Å². The van der Waals surface area contributed by atoms with Gasteiger partial charge in [-0.2, -0.15) is 0 Å². The number of nitrogens with zero attached hydrogens (tertiary/aromatic N) is 4. The summed E-state index contributed by atoms with van der Waals surface area (Å²) in [5, 5.41) is 4.94. The van der Waals surface area contributed by atoms with Crippen LogP contribution in [0.5, 0.6) is 0 Å². The van der Waals surface area contributed by atoms with Crippen molar-refractivity contribution in [1.29, 1.82) is 0 Å². The van der Waals surface area contributed by atoms with Crippen molar-refractivity contribution in [3.8, 4) is 39.6 Å². The van der Waals surface area contributed by atoms with Gasteiger partial charge >= 0.3 is 0 Å². The quantitative estimate of drug-likeness (QED) is 0.168. The first-order chi connectivity index (χ1) is 31.0. The minimum Gasteiger partial charge on any atom is -0.334 e. The maximum Gasteiger partial charge on any atom is 0.162 e. The third-order valence-electron chi connectivity index (χ3n) is 13.8. The second-order valence-corrected chi connectivity index (χ2v) is 17.8. The summed E-state index contributed by atoms with van der Waals surface area (Å²) in [6.45, 7) is 4.89. The average molecular weight is 811 g/mol. The molecular weight excluding hydrogens is 765 g/mol. The summed E-state index contributed by atoms with van der Waals surface area (Å²) < 4.78 is 2.36. The van der Waals surface area contributed by atoms with Crippen molar-refractivity contribution in [3.05, 3.63) is 229 Å². The van der Waals surface area contributed by atoms with Gasteiger partial charge in [-0.05, 0) is 75.2 Å². The fraction of sp³-hybridized carbons (Fsp3) is 0.119. The zero-order valence-corrected chi connectivity index (χ0v) is 35.4. The van der Waals surface area contributed by atoms with Gasteiger partial charge in [-0.3, -0.25) is 4.57 Å². The highest BCUT2D eigenvalue weighted by atomic mass is 15.2. The average Bonchev–Trinajstić information content (AvgIpc) is 3.69. The van der Waals surface area contributed by atoms with Crippen LogP contribution in [0.15, 0.2) is 224 Å². The molecule has 0 saturated carbocycles. The van der Waals surface area contributed by atoms with Gasteiger partial charge in [0.15, 0.2) is 5.82 Å². The highest BCUT2D eigenvalue weighted by Crippen LogP contribution is 2.54. The lowest BCUT2D eigenvalue weighted by Crippen LogP contribution is -2.52. The van der Waals surface area contributed by atoms with E-state index < -0.39 is 0 Å². The molecule has 2 aliphatic carbocycles. The molecule has 7 aromatic carbocycles. The van der Waals surface area contributed by atoms with Gasteiger partial charge in [-0.25, -0.2) is 9.97 Å². The van der Waals surface area contributed by atoms with E-state index in [2.05, 4.69) is 230 Å². The monoisotopic (exact) mass is 810 g/mol. The highest BCUT2D eigenvalue weighted by Gasteiger charge is 2.48. The lowest BCUT2D eigenvalue weighted by molar-refractivity contribution is 0.268. The number of benzene rings is 7. The molecule has 3 atom stereocenters. The van der Waals surface area contributed by atoms with E-state index in [1.54, 1.807) is 0 Å². The Balaban J connectivity index is 1.02. The van der Waals surface area contributed by atoms with Crippen molar-refractivity contribution in [2.75, 3.05) is 4.90 Å². The minimum absolute atomic E-state index is 0.0545. The molecule has 1 fully saturated rings. The third kappa shape index (κ3) is 6.20. The van der Waals surface area contributed by atoms with Gasteiger partial charge in [-0.15, -0.1) is 0 Å². The zero-order chi connectivity index (χ0) is 42.1. The molecule has 63 heavy (non-hydrogen) atoms. The van der Waals surface area contributed by atoms with E-state index in [-0.39, 0.29) is 17.4 Å². The normalized spacial score (nSPS) is 18.9. The first kappa shape index (κ1) is 37.2. The maximum absolute atomic E-state index is 5.38. The lowest BCUT2D eigenvalue weighted by atomic mass is 9.62. The van der Waals surface area contributed by atoms with E-state index in [4.69, 9.17) is 9.97 Å². The Morgan fingerprint density at radius 3 is 2.03 bits per heavy atom. The van der Waals surface area contributed by atoms with Crippen LogP contribution >= 0.6 is 0 Å². The second-order valence-electron chi connectivity index (χ2n) is 17.8. The predicted octanol–water partition coefficient (Wildman–Crippen LogP) is 14.7. The molecule has 0 amide bonds. The Morgan fingerprint density at radius 1 is 0.571 bits per heavy atom. The van der Waals surface area contributed by atoms with Crippen molar-refractivity contribution in [2.24, 2.45) is 11.3 Å². The number of para-hydroxylation sites is 1. The Labute approximate surface area is 368 Å². The molecule has 1 aliphatic heterocycles. The number of fused-ring (bicyclic) bond motifs is 7. The first-order valence-corrected chi connectivity index (χ1v) is 22.2. The number of allylic oxidation sites excluding steroid dienone is 5. The summed E-state index contributed by atoms with van der Waals surface area (Å²) in [7, 11) is 0. The Hall–Kier alpha value is -7.56. The van der Waals surface area contributed by atoms with Gasteiger partial charge in [0.25, 0.3) is 0 Å². The second kappa shape index (κ2) is 14.8. The van der Waals surface area contributed by atoms with Crippen LogP contribution in [0.1, 0.15) is 31.7 Å². The zero-order valence-electron chi connectivity index (χ0n) is 35.4. The van der Waals surface area contributed by atoms with Crippen LogP contribution < -0.4 is 4.90 Å². The van der Waals surface area contributed by atoms with Gasteiger partial charge in [0, 0.05) is 51.2 Å². The molecule has 302 valence electrons. The SMILES string of the molecule is CC1(C)C2=CC(c3ccc4c(c3)c3c5ccccc5ccc3n4-c3cc(-c4ccc(-c5ccccc5)cc4)nc(-c4ccccc4)n3)CC=C2N(c2ccccc2)C2C=CC=CC21. The van der Waals surface area contributed by atoms with E-state index in [0.717, 1.165) is 40.1 Å². The lowest BCUT2D eigenvalue weighted by Gasteiger charge is -2.53. The predicted molar refractivity (Wildman–Crippen MR) is 262 cm³/mol. The largest absolute Gasteiger partial charge is 0.334 e. The number of hydrogen-bond acceptors (Lipinski definition) is 3. The van der Waals surface area contributed by atoms with Crippen LogP contribution in [0.4, 0.5) is 5.69 Å². The molecule has 9 aromatic rings. The minimum atomic E-state index is -0.0545. The van der Waals surface area contributed by atoms with Crippen molar-refractivity contribution in [3.63, 3.8) is 0 Å².